The second kappa shape index (κ2) is 6.34. The first kappa shape index (κ1) is 14.2. The van der Waals surface area contributed by atoms with Crippen LogP contribution in [-0.4, -0.2) is 21.5 Å². The third kappa shape index (κ3) is 3.12. The van der Waals surface area contributed by atoms with Crippen LogP contribution in [-0.2, 0) is 0 Å². The minimum absolute atomic E-state index is 0.736. The molecule has 0 atom stereocenters. The molecule has 0 saturated carbocycles. The Hall–Kier alpha value is -1.76. The number of benzene rings is 1. The predicted octanol–water partition coefficient (Wildman–Crippen LogP) is 4.12. The van der Waals surface area contributed by atoms with Crippen LogP contribution in [0.15, 0.2) is 42.7 Å². The first-order valence-corrected chi connectivity index (χ1v) is 7.97. The Morgan fingerprint density at radius 2 is 2.10 bits per heavy atom. The van der Waals surface area contributed by atoms with Crippen molar-refractivity contribution in [2.45, 2.75) is 13.3 Å². The number of anilines is 1. The Balaban J connectivity index is 2.01. The monoisotopic (exact) mass is 390 g/mol. The van der Waals surface area contributed by atoms with Crippen LogP contribution in [0.2, 0.25) is 0 Å². The Labute approximate surface area is 137 Å². The summed E-state index contributed by atoms with van der Waals surface area (Å²) in [5.74, 6) is 1.63. The Morgan fingerprint density at radius 3 is 2.95 bits per heavy atom. The first-order valence-electron chi connectivity index (χ1n) is 6.89. The number of fused-ring (bicyclic) bond motifs is 1. The Morgan fingerprint density at radius 1 is 1.19 bits per heavy atom. The molecule has 0 amide bonds. The molecule has 2 aromatic heterocycles. The maximum atomic E-state index is 4.64. The molecule has 106 valence electrons. The number of nitrogens with one attached hydrogen (secondary N) is 1. The first-order chi connectivity index (χ1) is 10.3. The highest BCUT2D eigenvalue weighted by molar-refractivity contribution is 14.1. The molecule has 0 aliphatic rings. The number of pyridine rings is 1. The number of aromatic nitrogens is 3. The van der Waals surface area contributed by atoms with E-state index in [1.165, 1.54) is 0 Å². The summed E-state index contributed by atoms with van der Waals surface area (Å²) in [4.78, 5) is 13.4. The lowest BCUT2D eigenvalue weighted by atomic mass is 10.1. The summed E-state index contributed by atoms with van der Waals surface area (Å²) in [6.45, 7) is 3.05. The summed E-state index contributed by atoms with van der Waals surface area (Å²) in [6.07, 6.45) is 4.72. The Kier molecular flexibility index (Phi) is 4.28. The van der Waals surface area contributed by atoms with Crippen molar-refractivity contribution in [3.05, 3.63) is 46.3 Å². The van der Waals surface area contributed by atoms with Crippen molar-refractivity contribution in [2.24, 2.45) is 0 Å². The highest BCUT2D eigenvalue weighted by atomic mass is 127. The summed E-state index contributed by atoms with van der Waals surface area (Å²) in [5, 5.41) is 4.44. The number of rotatable bonds is 4. The molecule has 1 N–H and O–H groups in total. The molecule has 0 aliphatic carbocycles. The van der Waals surface area contributed by atoms with E-state index >= 15 is 0 Å². The molecule has 0 aliphatic heterocycles. The molecule has 0 unspecified atom stereocenters. The molecule has 21 heavy (non-hydrogen) atoms. The fourth-order valence-electron chi connectivity index (χ4n) is 2.09. The summed E-state index contributed by atoms with van der Waals surface area (Å²) in [6, 6.07) is 10.1. The van der Waals surface area contributed by atoms with Crippen LogP contribution in [0.3, 0.4) is 0 Å². The molecule has 0 radical (unpaired) electrons. The number of hydrogen-bond donors (Lipinski definition) is 1. The zero-order chi connectivity index (χ0) is 14.7. The minimum atomic E-state index is 0.736. The van der Waals surface area contributed by atoms with Gasteiger partial charge in [-0.1, -0.05) is 13.0 Å². The summed E-state index contributed by atoms with van der Waals surface area (Å²) in [5.41, 5.74) is 1.99. The number of halogens is 1. The van der Waals surface area contributed by atoms with Crippen LogP contribution < -0.4 is 5.32 Å². The van der Waals surface area contributed by atoms with Gasteiger partial charge in [-0.15, -0.1) is 0 Å². The van der Waals surface area contributed by atoms with E-state index in [0.29, 0.717) is 0 Å². The van der Waals surface area contributed by atoms with Crippen LogP contribution in [0, 0.1) is 3.57 Å². The smallest absolute Gasteiger partial charge is 0.161 e. The van der Waals surface area contributed by atoms with Crippen molar-refractivity contribution in [3.8, 4) is 11.4 Å². The van der Waals surface area contributed by atoms with Gasteiger partial charge in [0.15, 0.2) is 5.82 Å². The maximum Gasteiger partial charge on any atom is 0.161 e. The molecule has 4 nitrogen and oxygen atoms in total. The SMILES string of the molecule is CCCNc1nc(-c2ccc3ncccc3c2)ncc1I. The van der Waals surface area contributed by atoms with Gasteiger partial charge in [0.25, 0.3) is 0 Å². The van der Waals surface area contributed by atoms with Crippen molar-refractivity contribution in [1.29, 1.82) is 0 Å². The minimum Gasteiger partial charge on any atom is -0.369 e. The van der Waals surface area contributed by atoms with E-state index in [2.05, 4.69) is 61.9 Å². The molecular formula is C16H15IN4. The van der Waals surface area contributed by atoms with Crippen molar-refractivity contribution in [2.75, 3.05) is 11.9 Å². The quantitative estimate of drug-likeness (QED) is 0.681. The lowest BCUT2D eigenvalue weighted by Crippen LogP contribution is -2.05. The molecular weight excluding hydrogens is 375 g/mol. The average molecular weight is 390 g/mol. The van der Waals surface area contributed by atoms with Gasteiger partial charge in [-0.3, -0.25) is 4.98 Å². The normalized spacial score (nSPS) is 10.8. The van der Waals surface area contributed by atoms with Gasteiger partial charge in [0.1, 0.15) is 5.82 Å². The lowest BCUT2D eigenvalue weighted by molar-refractivity contribution is 0.963. The predicted molar refractivity (Wildman–Crippen MR) is 94.3 cm³/mol. The van der Waals surface area contributed by atoms with E-state index in [9.17, 15) is 0 Å². The molecule has 3 rings (SSSR count). The zero-order valence-corrected chi connectivity index (χ0v) is 13.8. The van der Waals surface area contributed by atoms with E-state index in [1.54, 1.807) is 6.20 Å². The van der Waals surface area contributed by atoms with Crippen LogP contribution in [0.5, 0.6) is 0 Å². The molecule has 3 aromatic rings. The van der Waals surface area contributed by atoms with E-state index in [4.69, 9.17) is 0 Å². The van der Waals surface area contributed by atoms with Crippen LogP contribution in [0.4, 0.5) is 5.82 Å². The van der Waals surface area contributed by atoms with Crippen LogP contribution >= 0.6 is 22.6 Å². The standard InChI is InChI=1S/C16H15IN4/c1-2-7-19-16-13(17)10-20-15(21-16)12-5-6-14-11(9-12)4-3-8-18-14/h3-6,8-10H,2,7H2,1H3,(H,19,20,21). The molecule has 1 aromatic carbocycles. The van der Waals surface area contributed by atoms with E-state index < -0.39 is 0 Å². The van der Waals surface area contributed by atoms with E-state index in [0.717, 1.165) is 44.6 Å². The molecule has 0 bridgehead atoms. The summed E-state index contributed by atoms with van der Waals surface area (Å²) >= 11 is 2.25. The third-order valence-corrected chi connectivity index (χ3v) is 3.94. The Bertz CT molecular complexity index is 773. The van der Waals surface area contributed by atoms with E-state index in [-0.39, 0.29) is 0 Å². The molecule has 0 saturated heterocycles. The van der Waals surface area contributed by atoms with Gasteiger partial charge in [-0.05, 0) is 53.3 Å². The zero-order valence-electron chi connectivity index (χ0n) is 11.7. The maximum absolute atomic E-state index is 4.64. The van der Waals surface area contributed by atoms with E-state index in [1.807, 2.05) is 24.4 Å². The number of hydrogen-bond acceptors (Lipinski definition) is 4. The fraction of sp³-hybridized carbons (Fsp3) is 0.188. The molecule has 5 heteroatoms. The fourth-order valence-corrected chi connectivity index (χ4v) is 2.54. The van der Waals surface area contributed by atoms with Crippen molar-refractivity contribution in [1.82, 2.24) is 15.0 Å². The summed E-state index contributed by atoms with van der Waals surface area (Å²) in [7, 11) is 0. The van der Waals surface area contributed by atoms with Gasteiger partial charge in [0.2, 0.25) is 0 Å². The topological polar surface area (TPSA) is 50.7 Å². The van der Waals surface area contributed by atoms with Crippen molar-refractivity contribution < 1.29 is 0 Å². The second-order valence-corrected chi connectivity index (χ2v) is 5.89. The molecule has 0 spiro atoms. The summed E-state index contributed by atoms with van der Waals surface area (Å²) < 4.78 is 1.03. The highest BCUT2D eigenvalue weighted by Crippen LogP contribution is 2.23. The molecule has 2 heterocycles. The third-order valence-electron chi connectivity index (χ3n) is 3.15. The van der Waals surface area contributed by atoms with Gasteiger partial charge in [0.05, 0.1) is 9.09 Å². The van der Waals surface area contributed by atoms with Gasteiger partial charge in [0, 0.05) is 29.9 Å². The van der Waals surface area contributed by atoms with Crippen molar-refractivity contribution in [3.63, 3.8) is 0 Å². The molecule has 0 fully saturated rings. The van der Waals surface area contributed by atoms with Crippen LogP contribution in [0.1, 0.15) is 13.3 Å². The highest BCUT2D eigenvalue weighted by Gasteiger charge is 2.07. The van der Waals surface area contributed by atoms with Gasteiger partial charge >= 0.3 is 0 Å². The number of nitrogens with zero attached hydrogens (tertiary/aromatic N) is 3. The van der Waals surface area contributed by atoms with Gasteiger partial charge in [-0.2, -0.15) is 0 Å². The lowest BCUT2D eigenvalue weighted by Gasteiger charge is -2.08. The largest absolute Gasteiger partial charge is 0.369 e. The van der Waals surface area contributed by atoms with Gasteiger partial charge < -0.3 is 5.32 Å². The van der Waals surface area contributed by atoms with Crippen molar-refractivity contribution >= 4 is 39.3 Å². The average Bonchev–Trinajstić information content (AvgIpc) is 2.53. The van der Waals surface area contributed by atoms with Gasteiger partial charge in [-0.25, -0.2) is 9.97 Å². The van der Waals surface area contributed by atoms with Crippen LogP contribution in [0.25, 0.3) is 22.3 Å². The second-order valence-electron chi connectivity index (χ2n) is 4.73.